The van der Waals surface area contributed by atoms with Gasteiger partial charge in [-0.1, -0.05) is 41.4 Å². The summed E-state index contributed by atoms with van der Waals surface area (Å²) in [4.78, 5) is 14.8. The van der Waals surface area contributed by atoms with Crippen molar-refractivity contribution in [1.29, 1.82) is 0 Å². The Bertz CT molecular complexity index is 760. The van der Waals surface area contributed by atoms with Crippen molar-refractivity contribution < 1.29 is 9.53 Å². The van der Waals surface area contributed by atoms with E-state index >= 15 is 0 Å². The van der Waals surface area contributed by atoms with Crippen LogP contribution in [-0.4, -0.2) is 45.9 Å². The van der Waals surface area contributed by atoms with Gasteiger partial charge in [0.25, 0.3) is 5.91 Å². The van der Waals surface area contributed by atoms with Crippen molar-refractivity contribution in [3.05, 3.63) is 51.8 Å². The zero-order chi connectivity index (χ0) is 18.1. The molecule has 134 valence electrons. The number of aryl methyl sites for hydroxylation is 2. The average Bonchev–Trinajstić information content (AvgIpc) is 2.82. The number of carbonyl (C=O) groups excluding carboxylic acids is 1. The van der Waals surface area contributed by atoms with E-state index in [9.17, 15) is 4.79 Å². The maximum Gasteiger partial charge on any atom is 0.259 e. The molecule has 25 heavy (non-hydrogen) atoms. The Morgan fingerprint density at radius 3 is 2.40 bits per heavy atom. The topological polar surface area (TPSA) is 47.4 Å². The van der Waals surface area contributed by atoms with Gasteiger partial charge in [0.05, 0.1) is 30.0 Å². The van der Waals surface area contributed by atoms with E-state index in [1.54, 1.807) is 4.68 Å². The summed E-state index contributed by atoms with van der Waals surface area (Å²) in [6.07, 6.45) is 0.0452. The zero-order valence-corrected chi connectivity index (χ0v) is 15.9. The van der Waals surface area contributed by atoms with Crippen LogP contribution < -0.4 is 0 Å². The number of aromatic nitrogens is 2. The Morgan fingerprint density at radius 2 is 1.80 bits per heavy atom. The molecule has 2 atom stereocenters. The second kappa shape index (κ2) is 7.18. The number of morpholine rings is 1. The highest BCUT2D eigenvalue weighted by molar-refractivity contribution is 6.33. The molecular formula is C19H24ClN3O2. The molecule has 6 heteroatoms. The highest BCUT2D eigenvalue weighted by atomic mass is 35.5. The Balaban J connectivity index is 1.84. The minimum atomic E-state index is -0.0698. The van der Waals surface area contributed by atoms with Crippen LogP contribution in [0.2, 0.25) is 5.15 Å². The first-order valence-electron chi connectivity index (χ1n) is 8.58. The summed E-state index contributed by atoms with van der Waals surface area (Å²) >= 11 is 6.52. The van der Waals surface area contributed by atoms with E-state index < -0.39 is 0 Å². The highest BCUT2D eigenvalue weighted by Gasteiger charge is 2.30. The van der Waals surface area contributed by atoms with Crippen molar-refractivity contribution >= 4 is 17.5 Å². The Kier molecular flexibility index (Phi) is 5.16. The zero-order valence-electron chi connectivity index (χ0n) is 15.1. The number of nitrogens with zero attached hydrogens (tertiary/aromatic N) is 3. The molecule has 1 amide bonds. The van der Waals surface area contributed by atoms with Gasteiger partial charge in [0.2, 0.25) is 0 Å². The molecule has 3 rings (SSSR count). The summed E-state index contributed by atoms with van der Waals surface area (Å²) in [7, 11) is 0. The molecule has 1 aliphatic rings. The van der Waals surface area contributed by atoms with Crippen molar-refractivity contribution in [2.75, 3.05) is 13.1 Å². The highest BCUT2D eigenvalue weighted by Crippen LogP contribution is 2.24. The SMILES string of the molecule is Cc1ccc(Cn2nc(C)c(C(=O)N3CC(C)OC(C)C3)c2Cl)cc1. The van der Waals surface area contributed by atoms with Crippen molar-refractivity contribution in [2.45, 2.75) is 46.4 Å². The molecule has 0 aliphatic carbocycles. The van der Waals surface area contributed by atoms with Gasteiger partial charge in [0, 0.05) is 13.1 Å². The minimum Gasteiger partial charge on any atom is -0.372 e. The third kappa shape index (κ3) is 3.88. The molecule has 1 aliphatic heterocycles. The van der Waals surface area contributed by atoms with Crippen molar-refractivity contribution in [3.63, 3.8) is 0 Å². The van der Waals surface area contributed by atoms with E-state index in [1.807, 2.05) is 25.7 Å². The summed E-state index contributed by atoms with van der Waals surface area (Å²) in [5.74, 6) is -0.0698. The molecule has 2 aromatic rings. The monoisotopic (exact) mass is 361 g/mol. The van der Waals surface area contributed by atoms with Crippen LogP contribution in [0, 0.1) is 13.8 Å². The smallest absolute Gasteiger partial charge is 0.259 e. The molecule has 0 bridgehead atoms. The molecule has 5 nitrogen and oxygen atoms in total. The first kappa shape index (κ1) is 18.0. The summed E-state index contributed by atoms with van der Waals surface area (Å²) < 4.78 is 7.41. The Labute approximate surface area is 153 Å². The third-order valence-corrected chi connectivity index (χ3v) is 4.82. The fourth-order valence-corrected chi connectivity index (χ4v) is 3.58. The summed E-state index contributed by atoms with van der Waals surface area (Å²) in [6.45, 7) is 9.53. The summed E-state index contributed by atoms with van der Waals surface area (Å²) in [5, 5.41) is 4.89. The van der Waals surface area contributed by atoms with Crippen LogP contribution in [0.4, 0.5) is 0 Å². The van der Waals surface area contributed by atoms with Crippen LogP contribution >= 0.6 is 11.6 Å². The van der Waals surface area contributed by atoms with Crippen LogP contribution in [0.1, 0.15) is 41.0 Å². The molecule has 2 unspecified atom stereocenters. The molecule has 1 aromatic carbocycles. The van der Waals surface area contributed by atoms with Gasteiger partial charge < -0.3 is 9.64 Å². The van der Waals surface area contributed by atoms with E-state index in [0.29, 0.717) is 36.0 Å². The van der Waals surface area contributed by atoms with Gasteiger partial charge in [-0.3, -0.25) is 4.79 Å². The number of hydrogen-bond acceptors (Lipinski definition) is 3. The predicted octanol–water partition coefficient (Wildman–Crippen LogP) is 3.45. The second-order valence-electron chi connectivity index (χ2n) is 6.86. The summed E-state index contributed by atoms with van der Waals surface area (Å²) in [5.41, 5.74) is 3.46. The molecule has 0 spiro atoms. The third-order valence-electron chi connectivity index (χ3n) is 4.44. The van der Waals surface area contributed by atoms with Crippen LogP contribution in [0.25, 0.3) is 0 Å². The molecule has 2 heterocycles. The lowest BCUT2D eigenvalue weighted by Gasteiger charge is -2.35. The van der Waals surface area contributed by atoms with Gasteiger partial charge in [-0.2, -0.15) is 5.10 Å². The Hall–Kier alpha value is -1.85. The first-order valence-corrected chi connectivity index (χ1v) is 8.96. The van der Waals surface area contributed by atoms with Gasteiger partial charge in [0.15, 0.2) is 0 Å². The lowest BCUT2D eigenvalue weighted by molar-refractivity contribution is -0.0586. The second-order valence-corrected chi connectivity index (χ2v) is 7.22. The maximum absolute atomic E-state index is 13.0. The number of carbonyl (C=O) groups is 1. The fraction of sp³-hybridized carbons (Fsp3) is 0.474. The van der Waals surface area contributed by atoms with Gasteiger partial charge in [0.1, 0.15) is 5.15 Å². The normalized spacial score (nSPS) is 20.8. The maximum atomic E-state index is 13.0. The van der Waals surface area contributed by atoms with E-state index in [0.717, 1.165) is 5.56 Å². The molecule has 1 fully saturated rings. The van der Waals surface area contributed by atoms with Crippen molar-refractivity contribution in [1.82, 2.24) is 14.7 Å². The lowest BCUT2D eigenvalue weighted by Crippen LogP contribution is -2.48. The van der Waals surface area contributed by atoms with Gasteiger partial charge >= 0.3 is 0 Å². The number of benzene rings is 1. The predicted molar refractivity (Wildman–Crippen MR) is 98.2 cm³/mol. The van der Waals surface area contributed by atoms with Crippen molar-refractivity contribution in [3.8, 4) is 0 Å². The number of halogens is 1. The average molecular weight is 362 g/mol. The number of amides is 1. The number of ether oxygens (including phenoxy) is 1. The van der Waals surface area contributed by atoms with Gasteiger partial charge in [-0.15, -0.1) is 0 Å². The van der Waals surface area contributed by atoms with E-state index in [-0.39, 0.29) is 18.1 Å². The van der Waals surface area contributed by atoms with Crippen LogP contribution in [-0.2, 0) is 11.3 Å². The van der Waals surface area contributed by atoms with Gasteiger partial charge in [-0.25, -0.2) is 4.68 Å². The molecular weight excluding hydrogens is 338 g/mol. The van der Waals surface area contributed by atoms with E-state index in [1.165, 1.54) is 5.56 Å². The standard InChI is InChI=1S/C19H24ClN3O2/c1-12-5-7-16(8-6-12)11-23-18(20)17(15(4)21-23)19(24)22-9-13(2)25-14(3)10-22/h5-8,13-14H,9-11H2,1-4H3. The molecule has 0 saturated carbocycles. The molecule has 0 radical (unpaired) electrons. The number of hydrogen-bond donors (Lipinski definition) is 0. The number of rotatable bonds is 3. The first-order chi connectivity index (χ1) is 11.8. The van der Waals surface area contributed by atoms with Gasteiger partial charge in [-0.05, 0) is 33.3 Å². The molecule has 1 saturated heterocycles. The van der Waals surface area contributed by atoms with Crippen LogP contribution in [0.3, 0.4) is 0 Å². The minimum absolute atomic E-state index is 0.0226. The molecule has 0 N–H and O–H groups in total. The quantitative estimate of drug-likeness (QED) is 0.841. The largest absolute Gasteiger partial charge is 0.372 e. The van der Waals surface area contributed by atoms with Crippen molar-refractivity contribution in [2.24, 2.45) is 0 Å². The van der Waals surface area contributed by atoms with E-state index in [2.05, 4.69) is 36.3 Å². The van der Waals surface area contributed by atoms with Crippen LogP contribution in [0.5, 0.6) is 0 Å². The molecule has 1 aromatic heterocycles. The lowest BCUT2D eigenvalue weighted by atomic mass is 10.1. The summed E-state index contributed by atoms with van der Waals surface area (Å²) in [6, 6.07) is 8.22. The Morgan fingerprint density at radius 1 is 1.20 bits per heavy atom. The van der Waals surface area contributed by atoms with Crippen LogP contribution in [0.15, 0.2) is 24.3 Å². The van der Waals surface area contributed by atoms with E-state index in [4.69, 9.17) is 16.3 Å². The fourth-order valence-electron chi connectivity index (χ4n) is 3.27.